The Kier molecular flexibility index (Phi) is 4.06. The highest BCUT2D eigenvalue weighted by molar-refractivity contribution is 5.92. The lowest BCUT2D eigenvalue weighted by molar-refractivity contribution is 0.0930. The molecule has 0 fully saturated rings. The summed E-state index contributed by atoms with van der Waals surface area (Å²) in [5, 5.41) is 2.87. The van der Waals surface area contributed by atoms with E-state index in [4.69, 9.17) is 5.73 Å². The number of rotatable bonds is 5. The third-order valence-electron chi connectivity index (χ3n) is 2.49. The van der Waals surface area contributed by atoms with Gasteiger partial charge in [0.05, 0.1) is 6.33 Å². The Hall–Kier alpha value is -1.36. The molecule has 1 amide bonds. The molecule has 0 saturated carbocycles. The van der Waals surface area contributed by atoms with Crippen LogP contribution in [-0.2, 0) is 7.05 Å². The smallest absolute Gasteiger partial charge is 0.271 e. The number of hydrogen-bond acceptors (Lipinski definition) is 3. The van der Waals surface area contributed by atoms with Crippen molar-refractivity contribution in [2.24, 2.45) is 18.2 Å². The average Bonchev–Trinajstić information content (AvgIpc) is 2.61. The number of aryl methyl sites for hydroxylation is 1. The monoisotopic (exact) mass is 224 g/mol. The van der Waals surface area contributed by atoms with E-state index in [9.17, 15) is 4.79 Å². The predicted molar refractivity (Wildman–Crippen MR) is 63.0 cm³/mol. The van der Waals surface area contributed by atoms with E-state index in [2.05, 4.69) is 24.1 Å². The summed E-state index contributed by atoms with van der Waals surface area (Å²) in [5.41, 5.74) is 5.98. The van der Waals surface area contributed by atoms with Crippen molar-refractivity contribution < 1.29 is 4.79 Å². The van der Waals surface area contributed by atoms with Crippen LogP contribution in [0.15, 0.2) is 12.5 Å². The van der Waals surface area contributed by atoms with Crippen molar-refractivity contribution in [3.05, 3.63) is 18.2 Å². The maximum absolute atomic E-state index is 11.7. The molecule has 1 heterocycles. The van der Waals surface area contributed by atoms with Crippen molar-refractivity contribution in [1.82, 2.24) is 14.9 Å². The summed E-state index contributed by atoms with van der Waals surface area (Å²) in [6.07, 6.45) is 4.20. The summed E-state index contributed by atoms with van der Waals surface area (Å²) in [5.74, 6) is -0.134. The lowest BCUT2D eigenvalue weighted by Gasteiger charge is -2.23. The number of imidazole rings is 1. The molecule has 0 spiro atoms. The SMILES string of the molecule is Cn1cnc(C(=O)NCC(C)(C)CCN)c1. The standard InChI is InChI=1S/C11H20N4O/c1-11(2,4-5-12)7-13-10(16)9-6-15(3)8-14-9/h6,8H,4-5,7,12H2,1-3H3,(H,13,16). The van der Waals surface area contributed by atoms with E-state index in [-0.39, 0.29) is 11.3 Å². The van der Waals surface area contributed by atoms with Crippen LogP contribution >= 0.6 is 0 Å². The first-order valence-corrected chi connectivity index (χ1v) is 5.41. The van der Waals surface area contributed by atoms with Gasteiger partial charge in [-0.3, -0.25) is 4.79 Å². The Morgan fingerprint density at radius 3 is 2.81 bits per heavy atom. The highest BCUT2D eigenvalue weighted by Gasteiger charge is 2.18. The molecule has 0 bridgehead atoms. The maximum atomic E-state index is 11.7. The Morgan fingerprint density at radius 1 is 1.62 bits per heavy atom. The van der Waals surface area contributed by atoms with Crippen molar-refractivity contribution in [2.75, 3.05) is 13.1 Å². The first kappa shape index (κ1) is 12.7. The highest BCUT2D eigenvalue weighted by atomic mass is 16.1. The number of amides is 1. The third kappa shape index (κ3) is 3.66. The van der Waals surface area contributed by atoms with Gasteiger partial charge in [0.1, 0.15) is 5.69 Å². The number of carbonyl (C=O) groups excluding carboxylic acids is 1. The fraction of sp³-hybridized carbons (Fsp3) is 0.636. The van der Waals surface area contributed by atoms with Crippen LogP contribution < -0.4 is 11.1 Å². The Balaban J connectivity index is 2.47. The van der Waals surface area contributed by atoms with Gasteiger partial charge in [-0.1, -0.05) is 13.8 Å². The van der Waals surface area contributed by atoms with Gasteiger partial charge in [-0.15, -0.1) is 0 Å². The van der Waals surface area contributed by atoms with Crippen LogP contribution in [0.4, 0.5) is 0 Å². The van der Waals surface area contributed by atoms with E-state index in [1.165, 1.54) is 0 Å². The molecule has 0 aromatic carbocycles. The lowest BCUT2D eigenvalue weighted by atomic mass is 9.89. The van der Waals surface area contributed by atoms with Gasteiger partial charge in [-0.05, 0) is 18.4 Å². The molecule has 0 unspecified atom stereocenters. The molecule has 1 rings (SSSR count). The van der Waals surface area contributed by atoms with Gasteiger partial charge < -0.3 is 15.6 Å². The Morgan fingerprint density at radius 2 is 2.31 bits per heavy atom. The van der Waals surface area contributed by atoms with Gasteiger partial charge in [0.25, 0.3) is 5.91 Å². The molecular weight excluding hydrogens is 204 g/mol. The van der Waals surface area contributed by atoms with Gasteiger partial charge in [0.2, 0.25) is 0 Å². The van der Waals surface area contributed by atoms with Crippen LogP contribution in [0.3, 0.4) is 0 Å². The number of nitrogens with one attached hydrogen (secondary N) is 1. The molecule has 1 aromatic heterocycles. The molecule has 5 heteroatoms. The van der Waals surface area contributed by atoms with Crippen molar-refractivity contribution in [2.45, 2.75) is 20.3 Å². The van der Waals surface area contributed by atoms with E-state index in [0.29, 0.717) is 18.8 Å². The second-order valence-corrected chi connectivity index (χ2v) is 4.81. The van der Waals surface area contributed by atoms with E-state index >= 15 is 0 Å². The maximum Gasteiger partial charge on any atom is 0.271 e. The number of aromatic nitrogens is 2. The van der Waals surface area contributed by atoms with E-state index in [1.54, 1.807) is 17.1 Å². The fourth-order valence-electron chi connectivity index (χ4n) is 1.42. The van der Waals surface area contributed by atoms with E-state index in [1.807, 2.05) is 7.05 Å². The summed E-state index contributed by atoms with van der Waals surface area (Å²) < 4.78 is 1.75. The number of nitrogens with two attached hydrogens (primary N) is 1. The lowest BCUT2D eigenvalue weighted by Crippen LogP contribution is -2.35. The van der Waals surface area contributed by atoms with Gasteiger partial charge in [-0.2, -0.15) is 0 Å². The predicted octanol–water partition coefficient (Wildman–Crippen LogP) is 0.525. The van der Waals surface area contributed by atoms with Crippen LogP contribution in [-0.4, -0.2) is 28.5 Å². The van der Waals surface area contributed by atoms with Crippen LogP contribution in [0.2, 0.25) is 0 Å². The number of hydrogen-bond donors (Lipinski definition) is 2. The molecule has 0 saturated heterocycles. The molecule has 0 radical (unpaired) electrons. The largest absolute Gasteiger partial charge is 0.350 e. The Labute approximate surface area is 96.0 Å². The van der Waals surface area contributed by atoms with Crippen LogP contribution in [0.5, 0.6) is 0 Å². The second kappa shape index (κ2) is 5.12. The number of nitrogens with zero attached hydrogens (tertiary/aromatic N) is 2. The van der Waals surface area contributed by atoms with Gasteiger partial charge in [0.15, 0.2) is 0 Å². The molecular formula is C11H20N4O. The number of carbonyl (C=O) groups is 1. The highest BCUT2D eigenvalue weighted by Crippen LogP contribution is 2.17. The minimum absolute atomic E-state index is 0.0270. The quantitative estimate of drug-likeness (QED) is 0.766. The normalized spacial score (nSPS) is 11.5. The molecule has 3 N–H and O–H groups in total. The Bertz CT molecular complexity index is 357. The molecule has 0 atom stereocenters. The minimum atomic E-state index is -0.134. The third-order valence-corrected chi connectivity index (χ3v) is 2.49. The van der Waals surface area contributed by atoms with Crippen molar-refractivity contribution in [1.29, 1.82) is 0 Å². The zero-order chi connectivity index (χ0) is 12.2. The summed E-state index contributed by atoms with van der Waals surface area (Å²) >= 11 is 0. The molecule has 1 aromatic rings. The topological polar surface area (TPSA) is 72.9 Å². The summed E-state index contributed by atoms with van der Waals surface area (Å²) in [6, 6.07) is 0. The molecule has 0 aliphatic carbocycles. The molecule has 5 nitrogen and oxygen atoms in total. The van der Waals surface area contributed by atoms with E-state index in [0.717, 1.165) is 6.42 Å². The minimum Gasteiger partial charge on any atom is -0.350 e. The zero-order valence-electron chi connectivity index (χ0n) is 10.2. The second-order valence-electron chi connectivity index (χ2n) is 4.81. The summed E-state index contributed by atoms with van der Waals surface area (Å²) in [7, 11) is 1.84. The fourth-order valence-corrected chi connectivity index (χ4v) is 1.42. The van der Waals surface area contributed by atoms with Crippen LogP contribution in [0.1, 0.15) is 30.8 Å². The average molecular weight is 224 g/mol. The van der Waals surface area contributed by atoms with Gasteiger partial charge in [0, 0.05) is 19.8 Å². The molecule has 16 heavy (non-hydrogen) atoms. The van der Waals surface area contributed by atoms with Crippen LogP contribution in [0, 0.1) is 5.41 Å². The van der Waals surface area contributed by atoms with Gasteiger partial charge >= 0.3 is 0 Å². The van der Waals surface area contributed by atoms with E-state index < -0.39 is 0 Å². The van der Waals surface area contributed by atoms with Crippen LogP contribution in [0.25, 0.3) is 0 Å². The first-order chi connectivity index (χ1) is 7.44. The molecule has 0 aliphatic rings. The van der Waals surface area contributed by atoms with Crippen molar-refractivity contribution >= 4 is 5.91 Å². The van der Waals surface area contributed by atoms with Crippen molar-refractivity contribution in [3.8, 4) is 0 Å². The van der Waals surface area contributed by atoms with Gasteiger partial charge in [-0.25, -0.2) is 4.98 Å². The van der Waals surface area contributed by atoms with Crippen molar-refractivity contribution in [3.63, 3.8) is 0 Å². The molecule has 90 valence electrons. The zero-order valence-corrected chi connectivity index (χ0v) is 10.2. The first-order valence-electron chi connectivity index (χ1n) is 5.41. The summed E-state index contributed by atoms with van der Waals surface area (Å²) in [4.78, 5) is 15.7. The summed E-state index contributed by atoms with van der Waals surface area (Å²) in [6.45, 7) is 5.41. The molecule has 0 aliphatic heterocycles.